The molecule has 0 aliphatic rings. The second-order valence-corrected chi connectivity index (χ2v) is 6.98. The molecule has 3 aromatic rings. The van der Waals surface area contributed by atoms with Gasteiger partial charge in [0.2, 0.25) is 11.8 Å². The number of hydrogen-bond donors (Lipinski definition) is 2. The summed E-state index contributed by atoms with van der Waals surface area (Å²) >= 11 is 1.51. The second-order valence-electron chi connectivity index (χ2n) is 6.00. The zero-order valence-corrected chi connectivity index (χ0v) is 15.4. The summed E-state index contributed by atoms with van der Waals surface area (Å²) in [6.45, 7) is 3.47. The third-order valence-electron chi connectivity index (χ3n) is 3.81. The van der Waals surface area contributed by atoms with Crippen LogP contribution in [0.5, 0.6) is 0 Å². The summed E-state index contributed by atoms with van der Waals surface area (Å²) < 4.78 is 1.71. The molecule has 0 saturated heterocycles. The largest absolute Gasteiger partial charge is 0.348 e. The van der Waals surface area contributed by atoms with Crippen LogP contribution in [0.3, 0.4) is 0 Å². The van der Waals surface area contributed by atoms with Crippen LogP contribution in [0.4, 0.5) is 5.82 Å². The summed E-state index contributed by atoms with van der Waals surface area (Å²) in [6.07, 6.45) is 1.95. The van der Waals surface area contributed by atoms with Gasteiger partial charge in [0, 0.05) is 24.1 Å². The van der Waals surface area contributed by atoms with Gasteiger partial charge < -0.3 is 10.6 Å². The fraction of sp³-hybridized carbons (Fsp3) is 0.211. The normalized spacial score (nSPS) is 11.8. The molecule has 0 radical (unpaired) electrons. The van der Waals surface area contributed by atoms with Crippen molar-refractivity contribution < 1.29 is 9.59 Å². The van der Waals surface area contributed by atoms with Gasteiger partial charge in [0.1, 0.15) is 0 Å². The van der Waals surface area contributed by atoms with Crippen molar-refractivity contribution in [1.82, 2.24) is 15.1 Å². The lowest BCUT2D eigenvalue weighted by Gasteiger charge is -2.15. The molecule has 2 aromatic heterocycles. The number of nitrogens with one attached hydrogen (secondary N) is 2. The van der Waals surface area contributed by atoms with E-state index < -0.39 is 0 Å². The predicted octanol–water partition coefficient (Wildman–Crippen LogP) is 3.45. The van der Waals surface area contributed by atoms with E-state index in [1.807, 2.05) is 48.7 Å². The van der Waals surface area contributed by atoms with Gasteiger partial charge in [-0.25, -0.2) is 4.68 Å². The van der Waals surface area contributed by atoms with E-state index in [0.717, 1.165) is 10.6 Å². The van der Waals surface area contributed by atoms with E-state index in [0.29, 0.717) is 5.82 Å². The van der Waals surface area contributed by atoms with Crippen molar-refractivity contribution in [2.45, 2.75) is 26.3 Å². The topological polar surface area (TPSA) is 76.0 Å². The van der Waals surface area contributed by atoms with Crippen LogP contribution in [0.1, 0.15) is 29.8 Å². The summed E-state index contributed by atoms with van der Waals surface area (Å²) in [7, 11) is 0. The van der Waals surface area contributed by atoms with Crippen LogP contribution in [0.25, 0.3) is 5.69 Å². The van der Waals surface area contributed by atoms with Crippen molar-refractivity contribution in [3.63, 3.8) is 0 Å². The predicted molar refractivity (Wildman–Crippen MR) is 102 cm³/mol. The first-order valence-electron chi connectivity index (χ1n) is 8.24. The van der Waals surface area contributed by atoms with Crippen LogP contribution in [-0.4, -0.2) is 21.6 Å². The van der Waals surface area contributed by atoms with Crippen molar-refractivity contribution in [1.29, 1.82) is 0 Å². The molecule has 2 N–H and O–H groups in total. The van der Waals surface area contributed by atoms with Crippen LogP contribution < -0.4 is 10.6 Å². The monoisotopic (exact) mass is 368 g/mol. The maximum Gasteiger partial charge on any atom is 0.228 e. The minimum atomic E-state index is -0.341. The Bertz CT molecular complexity index is 885. The van der Waals surface area contributed by atoms with E-state index in [1.165, 1.54) is 23.8 Å². The SMILES string of the molecule is CC(=O)NC(CC(=O)Nc1ccn(-c2ccc(C)cc2)n1)c1cccs1. The average Bonchev–Trinajstić information content (AvgIpc) is 3.26. The molecule has 7 heteroatoms. The molecule has 0 aliphatic heterocycles. The van der Waals surface area contributed by atoms with Crippen molar-refractivity contribution in [2.24, 2.45) is 0 Å². The summed E-state index contributed by atoms with van der Waals surface area (Å²) in [5, 5.41) is 11.9. The van der Waals surface area contributed by atoms with Crippen molar-refractivity contribution in [3.8, 4) is 5.69 Å². The van der Waals surface area contributed by atoms with Crippen LogP contribution in [0.15, 0.2) is 54.0 Å². The van der Waals surface area contributed by atoms with Gasteiger partial charge in [0.25, 0.3) is 0 Å². The second kappa shape index (κ2) is 7.97. The van der Waals surface area contributed by atoms with Crippen LogP contribution in [-0.2, 0) is 9.59 Å². The first-order chi connectivity index (χ1) is 12.5. The molecule has 2 heterocycles. The summed E-state index contributed by atoms with van der Waals surface area (Å²) in [4.78, 5) is 24.7. The molecule has 1 unspecified atom stereocenters. The minimum Gasteiger partial charge on any atom is -0.348 e. The van der Waals surface area contributed by atoms with E-state index in [9.17, 15) is 9.59 Å². The number of anilines is 1. The number of rotatable bonds is 6. The van der Waals surface area contributed by atoms with Crippen molar-refractivity contribution in [3.05, 3.63) is 64.5 Å². The molecule has 0 saturated carbocycles. The molecule has 6 nitrogen and oxygen atoms in total. The molecule has 0 aliphatic carbocycles. The molecule has 1 atom stereocenters. The Hall–Kier alpha value is -2.93. The summed E-state index contributed by atoms with van der Waals surface area (Å²) in [6, 6.07) is 13.2. The summed E-state index contributed by atoms with van der Waals surface area (Å²) in [5.41, 5.74) is 2.10. The first-order valence-corrected chi connectivity index (χ1v) is 9.12. The molecule has 2 amide bonds. The number of thiophene rings is 1. The van der Waals surface area contributed by atoms with E-state index >= 15 is 0 Å². The number of amides is 2. The number of carbonyl (C=O) groups excluding carboxylic acids is 2. The Morgan fingerprint density at radius 1 is 1.19 bits per heavy atom. The molecule has 0 bridgehead atoms. The van der Waals surface area contributed by atoms with Gasteiger partial charge in [0.15, 0.2) is 5.82 Å². The van der Waals surface area contributed by atoms with Gasteiger partial charge in [0.05, 0.1) is 18.2 Å². The Balaban J connectivity index is 1.65. The lowest BCUT2D eigenvalue weighted by atomic mass is 10.1. The van der Waals surface area contributed by atoms with E-state index in [4.69, 9.17) is 0 Å². The van der Waals surface area contributed by atoms with E-state index in [-0.39, 0.29) is 24.3 Å². The maximum atomic E-state index is 12.4. The summed E-state index contributed by atoms with van der Waals surface area (Å²) in [5.74, 6) is 0.106. The lowest BCUT2D eigenvalue weighted by molar-refractivity contribution is -0.120. The van der Waals surface area contributed by atoms with E-state index in [1.54, 1.807) is 16.9 Å². The number of benzene rings is 1. The lowest BCUT2D eigenvalue weighted by Crippen LogP contribution is -2.29. The number of nitrogens with zero attached hydrogens (tertiary/aromatic N) is 2. The van der Waals surface area contributed by atoms with Gasteiger partial charge in [-0.05, 0) is 30.5 Å². The number of aryl methyl sites for hydroxylation is 1. The molecule has 0 spiro atoms. The standard InChI is InChI=1S/C19H20N4O2S/c1-13-5-7-15(8-6-13)23-10-9-18(22-23)21-19(25)12-16(20-14(2)24)17-4-3-11-26-17/h3-11,16H,12H2,1-2H3,(H,20,24)(H,21,22,25). The molecule has 0 fully saturated rings. The van der Waals surface area contributed by atoms with Crippen molar-refractivity contribution in [2.75, 3.05) is 5.32 Å². The quantitative estimate of drug-likeness (QED) is 0.700. The van der Waals surface area contributed by atoms with Crippen molar-refractivity contribution >= 4 is 29.0 Å². The average molecular weight is 368 g/mol. The Morgan fingerprint density at radius 2 is 1.96 bits per heavy atom. The Labute approximate surface area is 155 Å². The highest BCUT2D eigenvalue weighted by atomic mass is 32.1. The maximum absolute atomic E-state index is 12.4. The fourth-order valence-electron chi connectivity index (χ4n) is 2.57. The van der Waals surface area contributed by atoms with E-state index in [2.05, 4.69) is 15.7 Å². The highest BCUT2D eigenvalue weighted by molar-refractivity contribution is 7.10. The Kier molecular flexibility index (Phi) is 5.48. The molecule has 3 rings (SSSR count). The zero-order chi connectivity index (χ0) is 18.5. The molecule has 26 heavy (non-hydrogen) atoms. The third kappa shape index (κ3) is 4.58. The zero-order valence-electron chi connectivity index (χ0n) is 14.6. The third-order valence-corrected chi connectivity index (χ3v) is 4.79. The fourth-order valence-corrected chi connectivity index (χ4v) is 3.35. The van der Waals surface area contributed by atoms with Crippen LogP contribution >= 0.6 is 11.3 Å². The Morgan fingerprint density at radius 3 is 2.62 bits per heavy atom. The molecule has 134 valence electrons. The number of carbonyl (C=O) groups is 2. The highest BCUT2D eigenvalue weighted by Crippen LogP contribution is 2.22. The van der Waals surface area contributed by atoms with Gasteiger partial charge in [-0.2, -0.15) is 5.10 Å². The van der Waals surface area contributed by atoms with Gasteiger partial charge >= 0.3 is 0 Å². The number of aromatic nitrogens is 2. The van der Waals surface area contributed by atoms with Gasteiger partial charge in [-0.3, -0.25) is 9.59 Å². The molecular weight excluding hydrogens is 348 g/mol. The molecular formula is C19H20N4O2S. The number of hydrogen-bond acceptors (Lipinski definition) is 4. The molecule has 1 aromatic carbocycles. The highest BCUT2D eigenvalue weighted by Gasteiger charge is 2.18. The van der Waals surface area contributed by atoms with Crippen LogP contribution in [0.2, 0.25) is 0 Å². The van der Waals surface area contributed by atoms with Gasteiger partial charge in [-0.1, -0.05) is 23.8 Å². The first kappa shape index (κ1) is 17.9. The van der Waals surface area contributed by atoms with Crippen LogP contribution in [0, 0.1) is 6.92 Å². The smallest absolute Gasteiger partial charge is 0.228 e. The van der Waals surface area contributed by atoms with Gasteiger partial charge in [-0.15, -0.1) is 11.3 Å². The minimum absolute atomic E-state index is 0.150.